The third kappa shape index (κ3) is 2.67. The SMILES string of the molecule is O=C(O)c1c(NCc2ccc(F)c(Br)c2)ccc2nccn12. The highest BCUT2D eigenvalue weighted by Crippen LogP contribution is 2.21. The summed E-state index contributed by atoms with van der Waals surface area (Å²) in [5, 5.41) is 12.5. The highest BCUT2D eigenvalue weighted by molar-refractivity contribution is 9.10. The number of anilines is 1. The lowest BCUT2D eigenvalue weighted by Crippen LogP contribution is -2.11. The summed E-state index contributed by atoms with van der Waals surface area (Å²) in [4.78, 5) is 15.6. The molecule has 0 spiro atoms. The first kappa shape index (κ1) is 14.5. The number of nitrogens with one attached hydrogen (secondary N) is 1. The van der Waals surface area contributed by atoms with Crippen LogP contribution in [0.15, 0.2) is 47.2 Å². The van der Waals surface area contributed by atoms with Gasteiger partial charge in [-0.25, -0.2) is 14.2 Å². The van der Waals surface area contributed by atoms with Gasteiger partial charge in [-0.05, 0) is 45.8 Å². The summed E-state index contributed by atoms with van der Waals surface area (Å²) in [5.41, 5.74) is 1.97. The van der Waals surface area contributed by atoms with Crippen LogP contribution in [0.5, 0.6) is 0 Å². The van der Waals surface area contributed by atoms with Crippen molar-refractivity contribution in [2.45, 2.75) is 6.54 Å². The Morgan fingerprint density at radius 1 is 1.36 bits per heavy atom. The number of aromatic nitrogens is 2. The molecule has 0 aliphatic carbocycles. The summed E-state index contributed by atoms with van der Waals surface area (Å²) < 4.78 is 15.1. The van der Waals surface area contributed by atoms with E-state index in [9.17, 15) is 14.3 Å². The fourth-order valence-corrected chi connectivity index (χ4v) is 2.63. The first-order chi connectivity index (χ1) is 10.6. The largest absolute Gasteiger partial charge is 0.476 e. The summed E-state index contributed by atoms with van der Waals surface area (Å²) in [5.74, 6) is -1.39. The number of rotatable bonds is 4. The minimum atomic E-state index is -1.05. The lowest BCUT2D eigenvalue weighted by atomic mass is 10.2. The van der Waals surface area contributed by atoms with E-state index in [1.165, 1.54) is 10.5 Å². The van der Waals surface area contributed by atoms with Gasteiger partial charge in [0.15, 0.2) is 5.69 Å². The summed E-state index contributed by atoms with van der Waals surface area (Å²) in [6, 6.07) is 8.06. The number of benzene rings is 1. The smallest absolute Gasteiger partial charge is 0.355 e. The van der Waals surface area contributed by atoms with Crippen molar-refractivity contribution in [3.63, 3.8) is 0 Å². The predicted molar refractivity (Wildman–Crippen MR) is 83.6 cm³/mol. The zero-order valence-corrected chi connectivity index (χ0v) is 12.8. The van der Waals surface area contributed by atoms with Crippen molar-refractivity contribution in [1.82, 2.24) is 9.38 Å². The summed E-state index contributed by atoms with van der Waals surface area (Å²) >= 11 is 3.13. The van der Waals surface area contributed by atoms with Crippen molar-refractivity contribution in [2.24, 2.45) is 0 Å². The third-order valence-corrected chi connectivity index (χ3v) is 3.84. The van der Waals surface area contributed by atoms with E-state index in [1.807, 2.05) is 0 Å². The maximum atomic E-state index is 13.2. The molecule has 1 aromatic carbocycles. The Morgan fingerprint density at radius 2 is 2.18 bits per heavy atom. The van der Waals surface area contributed by atoms with E-state index in [1.54, 1.807) is 36.7 Å². The molecule has 0 saturated heterocycles. The van der Waals surface area contributed by atoms with Crippen LogP contribution in [0.25, 0.3) is 5.65 Å². The Kier molecular flexibility index (Phi) is 3.81. The van der Waals surface area contributed by atoms with Crippen molar-refractivity contribution in [1.29, 1.82) is 0 Å². The van der Waals surface area contributed by atoms with Gasteiger partial charge in [-0.3, -0.25) is 4.40 Å². The van der Waals surface area contributed by atoms with Gasteiger partial charge in [0.05, 0.1) is 10.2 Å². The van der Waals surface area contributed by atoms with Crippen LogP contribution in [0.1, 0.15) is 16.1 Å². The molecule has 5 nitrogen and oxygen atoms in total. The van der Waals surface area contributed by atoms with Gasteiger partial charge < -0.3 is 10.4 Å². The lowest BCUT2D eigenvalue weighted by molar-refractivity contribution is 0.0690. The molecule has 112 valence electrons. The molecule has 0 bridgehead atoms. The molecular formula is C15H11BrFN3O2. The van der Waals surface area contributed by atoms with Crippen LogP contribution >= 0.6 is 15.9 Å². The van der Waals surface area contributed by atoms with Crippen LogP contribution in [0.4, 0.5) is 10.1 Å². The lowest BCUT2D eigenvalue weighted by Gasteiger charge is -2.11. The number of halogens is 2. The topological polar surface area (TPSA) is 66.6 Å². The zero-order chi connectivity index (χ0) is 15.7. The highest BCUT2D eigenvalue weighted by Gasteiger charge is 2.15. The molecule has 0 fully saturated rings. The standard InChI is InChI=1S/C15H11BrFN3O2/c16-10-7-9(1-2-11(10)17)8-19-12-3-4-13-18-5-6-20(13)14(12)15(21)22/h1-7,19H,8H2,(H,21,22). The molecule has 0 aliphatic heterocycles. The normalized spacial score (nSPS) is 10.8. The van der Waals surface area contributed by atoms with Gasteiger partial charge in [-0.2, -0.15) is 0 Å². The second-order valence-electron chi connectivity index (χ2n) is 4.66. The molecule has 7 heteroatoms. The number of fused-ring (bicyclic) bond motifs is 1. The van der Waals surface area contributed by atoms with Crippen molar-refractivity contribution in [3.05, 3.63) is 64.3 Å². The van der Waals surface area contributed by atoms with Gasteiger partial charge in [0, 0.05) is 18.9 Å². The van der Waals surface area contributed by atoms with E-state index < -0.39 is 5.97 Å². The molecule has 2 heterocycles. The average molecular weight is 364 g/mol. The molecule has 0 atom stereocenters. The first-order valence-corrected chi connectivity index (χ1v) is 7.23. The average Bonchev–Trinajstić information content (AvgIpc) is 2.95. The Morgan fingerprint density at radius 3 is 2.91 bits per heavy atom. The molecule has 0 saturated carbocycles. The Hall–Kier alpha value is -2.41. The number of carboxylic acids is 1. The minimum Gasteiger partial charge on any atom is -0.476 e. The van der Waals surface area contributed by atoms with Gasteiger partial charge >= 0.3 is 5.97 Å². The maximum absolute atomic E-state index is 13.2. The van der Waals surface area contributed by atoms with Gasteiger partial charge in [-0.1, -0.05) is 6.07 Å². The number of pyridine rings is 1. The molecule has 3 aromatic rings. The second-order valence-corrected chi connectivity index (χ2v) is 5.51. The molecule has 0 unspecified atom stereocenters. The quantitative estimate of drug-likeness (QED) is 0.743. The van der Waals surface area contributed by atoms with Crippen LogP contribution in [0.3, 0.4) is 0 Å². The van der Waals surface area contributed by atoms with Crippen LogP contribution in [0.2, 0.25) is 0 Å². The molecule has 0 amide bonds. The summed E-state index contributed by atoms with van der Waals surface area (Å²) in [6.45, 7) is 0.374. The molecule has 2 N–H and O–H groups in total. The Balaban J connectivity index is 1.91. The molecule has 3 rings (SSSR count). The third-order valence-electron chi connectivity index (χ3n) is 3.23. The molecule has 0 radical (unpaired) electrons. The fourth-order valence-electron chi connectivity index (χ4n) is 2.20. The van der Waals surface area contributed by atoms with Crippen LogP contribution in [0, 0.1) is 5.82 Å². The van der Waals surface area contributed by atoms with E-state index in [0.29, 0.717) is 22.4 Å². The van der Waals surface area contributed by atoms with Crippen molar-refractivity contribution >= 4 is 33.2 Å². The Labute approximate surface area is 133 Å². The minimum absolute atomic E-state index is 0.108. The van der Waals surface area contributed by atoms with Crippen molar-refractivity contribution in [2.75, 3.05) is 5.32 Å². The summed E-state index contributed by atoms with van der Waals surface area (Å²) in [7, 11) is 0. The summed E-state index contributed by atoms with van der Waals surface area (Å²) in [6.07, 6.45) is 3.14. The van der Waals surface area contributed by atoms with Gasteiger partial charge in [0.2, 0.25) is 0 Å². The number of aromatic carboxylic acids is 1. The number of carboxylic acid groups (broad SMARTS) is 1. The number of carbonyl (C=O) groups is 1. The van der Waals surface area contributed by atoms with Crippen molar-refractivity contribution in [3.8, 4) is 0 Å². The first-order valence-electron chi connectivity index (χ1n) is 6.43. The van der Waals surface area contributed by atoms with Crippen LogP contribution < -0.4 is 5.32 Å². The van der Waals surface area contributed by atoms with Gasteiger partial charge in [0.25, 0.3) is 0 Å². The number of hydrogen-bond acceptors (Lipinski definition) is 3. The molecule has 22 heavy (non-hydrogen) atoms. The van der Waals surface area contributed by atoms with E-state index in [2.05, 4.69) is 26.2 Å². The van der Waals surface area contributed by atoms with E-state index in [4.69, 9.17) is 0 Å². The van der Waals surface area contributed by atoms with Crippen molar-refractivity contribution < 1.29 is 14.3 Å². The number of nitrogens with zero attached hydrogens (tertiary/aromatic N) is 2. The monoisotopic (exact) mass is 363 g/mol. The van der Waals surface area contributed by atoms with Crippen LogP contribution in [-0.4, -0.2) is 20.5 Å². The molecule has 0 aliphatic rings. The van der Waals surface area contributed by atoms with Gasteiger partial charge in [0.1, 0.15) is 11.5 Å². The van der Waals surface area contributed by atoms with Gasteiger partial charge in [-0.15, -0.1) is 0 Å². The van der Waals surface area contributed by atoms with Crippen LogP contribution in [-0.2, 0) is 6.54 Å². The van der Waals surface area contributed by atoms with E-state index >= 15 is 0 Å². The number of imidazole rings is 1. The molecular weight excluding hydrogens is 353 g/mol. The fraction of sp³-hybridized carbons (Fsp3) is 0.0667. The predicted octanol–water partition coefficient (Wildman–Crippen LogP) is 3.55. The zero-order valence-electron chi connectivity index (χ0n) is 11.3. The van der Waals surface area contributed by atoms with E-state index in [-0.39, 0.29) is 11.5 Å². The highest BCUT2D eigenvalue weighted by atomic mass is 79.9. The molecule has 2 aromatic heterocycles. The second kappa shape index (κ2) is 5.76. The number of hydrogen-bond donors (Lipinski definition) is 2. The Bertz CT molecular complexity index is 863. The van der Waals surface area contributed by atoms with E-state index in [0.717, 1.165) is 5.56 Å². The maximum Gasteiger partial charge on any atom is 0.355 e.